The number of imidazole rings is 1. The molecule has 88 valence electrons. The lowest BCUT2D eigenvalue weighted by molar-refractivity contribution is 0.194. The van der Waals surface area contributed by atoms with Crippen LogP contribution in [0.25, 0.3) is 0 Å². The van der Waals surface area contributed by atoms with Gasteiger partial charge in [0.05, 0.1) is 12.9 Å². The predicted molar refractivity (Wildman–Crippen MR) is 56.1 cm³/mol. The fourth-order valence-electron chi connectivity index (χ4n) is 0.654. The van der Waals surface area contributed by atoms with Crippen LogP contribution in [0, 0.1) is 0 Å². The van der Waals surface area contributed by atoms with Gasteiger partial charge in [-0.15, -0.1) is 0 Å². The summed E-state index contributed by atoms with van der Waals surface area (Å²) in [6, 6.07) is 0. The van der Waals surface area contributed by atoms with Crippen LogP contribution in [-0.4, -0.2) is 25.9 Å². The minimum Gasteiger partial charge on any atom is -0.341 e. The van der Waals surface area contributed by atoms with E-state index in [0.29, 0.717) is 6.42 Å². The van der Waals surface area contributed by atoms with Crippen molar-refractivity contribution in [1.82, 2.24) is 9.55 Å². The zero-order chi connectivity index (χ0) is 11.7. The average Bonchev–Trinajstić information content (AvgIpc) is 2.55. The molecule has 0 aromatic carbocycles. The third-order valence-corrected chi connectivity index (χ3v) is 1.91. The number of aromatic nitrogens is 2. The van der Waals surface area contributed by atoms with Gasteiger partial charge >= 0.3 is 7.82 Å². The highest BCUT2D eigenvalue weighted by Crippen LogP contribution is 2.35. The maximum Gasteiger partial charge on any atom is 0.469 e. The van der Waals surface area contributed by atoms with Crippen molar-refractivity contribution in [2.45, 2.75) is 19.8 Å². The van der Waals surface area contributed by atoms with Gasteiger partial charge in [-0.05, 0) is 6.42 Å². The first-order valence-corrected chi connectivity index (χ1v) is 6.10. The monoisotopic (exact) mass is 236 g/mol. The number of phosphoric acid groups is 1. The predicted octanol–water partition coefficient (Wildman–Crippen LogP) is 1.32. The molecular weight excluding hydrogens is 219 g/mol. The summed E-state index contributed by atoms with van der Waals surface area (Å²) in [5.41, 5.74) is 0. The first-order chi connectivity index (χ1) is 6.95. The Bertz CT molecular complexity index is 283. The molecule has 1 rings (SSSR count). The number of phosphoric ester groups is 1. The summed E-state index contributed by atoms with van der Waals surface area (Å²) in [7, 11) is -2.26. The van der Waals surface area contributed by atoms with Gasteiger partial charge in [-0.2, -0.15) is 0 Å². The van der Waals surface area contributed by atoms with Gasteiger partial charge in [-0.25, -0.2) is 9.55 Å². The fourth-order valence-corrected chi connectivity index (χ4v) is 1.02. The summed E-state index contributed by atoms with van der Waals surface area (Å²) >= 11 is 0. The molecule has 1 aromatic rings. The second-order valence-corrected chi connectivity index (χ2v) is 4.14. The summed E-state index contributed by atoms with van der Waals surface area (Å²) in [5, 5.41) is 0. The highest BCUT2D eigenvalue weighted by atomic mass is 31.2. The number of aryl methyl sites for hydroxylation is 1. The van der Waals surface area contributed by atoms with E-state index in [9.17, 15) is 4.57 Å². The molecular formula is C8H17N2O4P. The molecule has 6 nitrogen and oxygen atoms in total. The van der Waals surface area contributed by atoms with E-state index in [1.54, 1.807) is 12.5 Å². The largest absolute Gasteiger partial charge is 0.469 e. The van der Waals surface area contributed by atoms with Crippen molar-refractivity contribution in [3.63, 3.8) is 0 Å². The molecule has 0 saturated heterocycles. The SMILES string of the molecule is CCCCOP(=O)(O)O.Cn1ccnc1. The van der Waals surface area contributed by atoms with Gasteiger partial charge in [-0.3, -0.25) is 4.52 Å². The number of unbranched alkanes of at least 4 members (excludes halogenated alkanes) is 1. The average molecular weight is 236 g/mol. The van der Waals surface area contributed by atoms with Crippen LogP contribution >= 0.6 is 7.82 Å². The van der Waals surface area contributed by atoms with E-state index < -0.39 is 7.82 Å². The van der Waals surface area contributed by atoms with Gasteiger partial charge in [0.15, 0.2) is 0 Å². The second-order valence-electron chi connectivity index (χ2n) is 2.91. The molecule has 7 heteroatoms. The van der Waals surface area contributed by atoms with Crippen molar-refractivity contribution in [3.05, 3.63) is 18.7 Å². The molecule has 15 heavy (non-hydrogen) atoms. The first kappa shape index (κ1) is 14.3. The highest BCUT2D eigenvalue weighted by molar-refractivity contribution is 7.46. The molecule has 0 radical (unpaired) electrons. The Morgan fingerprint density at radius 2 is 2.20 bits per heavy atom. The zero-order valence-electron chi connectivity index (χ0n) is 8.91. The van der Waals surface area contributed by atoms with Crippen LogP contribution in [0.4, 0.5) is 0 Å². The summed E-state index contributed by atoms with van der Waals surface area (Å²) in [6.45, 7) is 2.06. The molecule has 0 aliphatic rings. The summed E-state index contributed by atoms with van der Waals surface area (Å²) in [5.74, 6) is 0. The van der Waals surface area contributed by atoms with Crippen molar-refractivity contribution >= 4 is 7.82 Å². The Balaban J connectivity index is 0.000000280. The lowest BCUT2D eigenvalue weighted by Crippen LogP contribution is -1.90. The Hall–Kier alpha value is -0.680. The zero-order valence-corrected chi connectivity index (χ0v) is 9.80. The first-order valence-electron chi connectivity index (χ1n) is 4.57. The molecule has 0 unspecified atom stereocenters. The quantitative estimate of drug-likeness (QED) is 0.608. The standard InChI is InChI=1S/C4H6N2.C4H11O4P/c1-6-3-2-5-4-6;1-2-3-4-8-9(5,6)7/h2-4H,1H3;2-4H2,1H3,(H2,5,6,7). The van der Waals surface area contributed by atoms with E-state index >= 15 is 0 Å². The van der Waals surface area contributed by atoms with Crippen LogP contribution in [0.3, 0.4) is 0 Å². The van der Waals surface area contributed by atoms with Gasteiger partial charge in [0.25, 0.3) is 0 Å². The van der Waals surface area contributed by atoms with Crippen LogP contribution in [-0.2, 0) is 16.1 Å². The minimum absolute atomic E-state index is 0.140. The molecule has 1 aromatic heterocycles. The molecule has 0 atom stereocenters. The lowest BCUT2D eigenvalue weighted by atomic mass is 10.4. The number of rotatable bonds is 4. The lowest BCUT2D eigenvalue weighted by Gasteiger charge is -2.02. The van der Waals surface area contributed by atoms with Crippen molar-refractivity contribution in [3.8, 4) is 0 Å². The molecule has 0 fully saturated rings. The Kier molecular flexibility index (Phi) is 7.25. The normalized spacial score (nSPS) is 10.7. The van der Waals surface area contributed by atoms with Crippen molar-refractivity contribution < 1.29 is 18.9 Å². The minimum atomic E-state index is -4.20. The molecule has 0 saturated carbocycles. The van der Waals surface area contributed by atoms with Crippen LogP contribution in [0.2, 0.25) is 0 Å². The number of nitrogens with zero attached hydrogens (tertiary/aromatic N) is 2. The van der Waals surface area contributed by atoms with E-state index in [-0.39, 0.29) is 6.61 Å². The van der Waals surface area contributed by atoms with Gasteiger partial charge in [-0.1, -0.05) is 13.3 Å². The summed E-state index contributed by atoms with van der Waals surface area (Å²) in [4.78, 5) is 20.1. The van der Waals surface area contributed by atoms with E-state index in [1.807, 2.05) is 24.7 Å². The number of hydrogen-bond acceptors (Lipinski definition) is 3. The fraction of sp³-hybridized carbons (Fsp3) is 0.625. The molecule has 0 aliphatic carbocycles. The van der Waals surface area contributed by atoms with Crippen LogP contribution in [0.15, 0.2) is 18.7 Å². The van der Waals surface area contributed by atoms with Crippen LogP contribution < -0.4 is 0 Å². The van der Waals surface area contributed by atoms with E-state index in [0.717, 1.165) is 6.42 Å². The number of hydrogen-bond donors (Lipinski definition) is 2. The van der Waals surface area contributed by atoms with Crippen molar-refractivity contribution in [1.29, 1.82) is 0 Å². The topological polar surface area (TPSA) is 84.6 Å². The summed E-state index contributed by atoms with van der Waals surface area (Å²) in [6.07, 6.45) is 6.95. The molecule has 0 spiro atoms. The van der Waals surface area contributed by atoms with Gasteiger partial charge in [0, 0.05) is 19.4 Å². The second kappa shape index (κ2) is 7.59. The Labute approximate surface area is 89.2 Å². The van der Waals surface area contributed by atoms with E-state index in [4.69, 9.17) is 9.79 Å². The van der Waals surface area contributed by atoms with Gasteiger partial charge in [0.1, 0.15) is 0 Å². The summed E-state index contributed by atoms with van der Waals surface area (Å²) < 4.78 is 16.0. The van der Waals surface area contributed by atoms with E-state index in [2.05, 4.69) is 9.51 Å². The maximum absolute atomic E-state index is 9.98. The molecule has 2 N–H and O–H groups in total. The Morgan fingerprint density at radius 1 is 1.53 bits per heavy atom. The van der Waals surface area contributed by atoms with Crippen LogP contribution in [0.1, 0.15) is 19.8 Å². The van der Waals surface area contributed by atoms with E-state index in [1.165, 1.54) is 0 Å². The highest BCUT2D eigenvalue weighted by Gasteiger charge is 2.11. The third-order valence-electron chi connectivity index (χ3n) is 1.39. The maximum atomic E-state index is 9.98. The third kappa shape index (κ3) is 11.2. The van der Waals surface area contributed by atoms with Crippen LogP contribution in [0.5, 0.6) is 0 Å². The molecule has 0 aliphatic heterocycles. The van der Waals surface area contributed by atoms with Gasteiger partial charge in [0.2, 0.25) is 0 Å². The molecule has 1 heterocycles. The van der Waals surface area contributed by atoms with Crippen molar-refractivity contribution in [2.75, 3.05) is 6.61 Å². The van der Waals surface area contributed by atoms with Gasteiger partial charge < -0.3 is 14.4 Å². The van der Waals surface area contributed by atoms with Crippen molar-refractivity contribution in [2.24, 2.45) is 7.05 Å². The molecule has 0 amide bonds. The molecule has 0 bridgehead atoms. The smallest absolute Gasteiger partial charge is 0.341 e. The Morgan fingerprint density at radius 3 is 2.47 bits per heavy atom.